The molecule has 2 heterocycles. The largest absolute Gasteiger partial charge is 0.381 e. The number of nitrogens with one attached hydrogen (secondary N) is 2. The highest BCUT2D eigenvalue weighted by molar-refractivity contribution is 5.79. The Morgan fingerprint density at radius 2 is 2.24 bits per heavy atom. The Bertz CT molecular complexity index is 386. The monoisotopic (exact) mass is 354 g/mol. The maximum absolute atomic E-state index is 5.73. The van der Waals surface area contributed by atoms with E-state index < -0.39 is 0 Å². The van der Waals surface area contributed by atoms with E-state index in [-0.39, 0.29) is 0 Å². The molecule has 0 aliphatic carbocycles. The summed E-state index contributed by atoms with van der Waals surface area (Å²) in [5.41, 5.74) is 0. The molecule has 2 rings (SSSR count). The van der Waals surface area contributed by atoms with Gasteiger partial charge in [-0.25, -0.2) is 0 Å². The average Bonchev–Trinajstić information content (AvgIpc) is 3.13. The highest BCUT2D eigenvalue weighted by Gasteiger charge is 2.20. The van der Waals surface area contributed by atoms with Gasteiger partial charge in [-0.15, -0.1) is 0 Å². The van der Waals surface area contributed by atoms with Crippen molar-refractivity contribution in [1.82, 2.24) is 15.5 Å². The van der Waals surface area contributed by atoms with Gasteiger partial charge < -0.3 is 20.1 Å². The number of nitrogens with zero attached hydrogens (tertiary/aromatic N) is 2. The second-order valence-corrected chi connectivity index (χ2v) is 7.63. The number of guanidine groups is 1. The number of likely N-dealkylation sites (tertiary alicyclic amines) is 1. The van der Waals surface area contributed by atoms with Crippen LogP contribution in [0.1, 0.15) is 39.5 Å². The van der Waals surface area contributed by atoms with E-state index in [9.17, 15) is 0 Å². The van der Waals surface area contributed by atoms with Crippen LogP contribution >= 0.6 is 0 Å². The molecule has 0 aromatic heterocycles. The van der Waals surface area contributed by atoms with Crippen LogP contribution in [0.4, 0.5) is 0 Å². The van der Waals surface area contributed by atoms with E-state index >= 15 is 0 Å². The first-order chi connectivity index (χ1) is 12.2. The van der Waals surface area contributed by atoms with E-state index in [4.69, 9.17) is 9.47 Å². The van der Waals surface area contributed by atoms with Crippen LogP contribution in [0.25, 0.3) is 0 Å². The Labute approximate surface area is 153 Å². The molecule has 3 unspecified atom stereocenters. The Morgan fingerprint density at radius 3 is 2.96 bits per heavy atom. The first-order valence-electron chi connectivity index (χ1n) is 10.0. The molecule has 0 amide bonds. The van der Waals surface area contributed by atoms with Crippen molar-refractivity contribution >= 4 is 5.96 Å². The molecule has 2 aliphatic heterocycles. The van der Waals surface area contributed by atoms with Gasteiger partial charge in [0.1, 0.15) is 0 Å². The maximum atomic E-state index is 5.73. The fourth-order valence-corrected chi connectivity index (χ4v) is 3.57. The van der Waals surface area contributed by atoms with E-state index in [0.29, 0.717) is 12.0 Å². The van der Waals surface area contributed by atoms with Gasteiger partial charge in [0.2, 0.25) is 0 Å². The first-order valence-corrected chi connectivity index (χ1v) is 10.0. The molecular weight excluding hydrogens is 316 g/mol. The Kier molecular flexibility index (Phi) is 9.58. The lowest BCUT2D eigenvalue weighted by atomic mass is 9.99. The summed E-state index contributed by atoms with van der Waals surface area (Å²) < 4.78 is 11.1. The third-order valence-corrected chi connectivity index (χ3v) is 5.24. The van der Waals surface area contributed by atoms with Crippen molar-refractivity contribution in [2.24, 2.45) is 16.8 Å². The average molecular weight is 355 g/mol. The summed E-state index contributed by atoms with van der Waals surface area (Å²) in [4.78, 5) is 6.91. The highest BCUT2D eigenvalue weighted by atomic mass is 16.5. The SMILES string of the molecule is CN=C(NCCCOCC1CCOC1)NCC(C)N1CCCC(C)C1. The van der Waals surface area contributed by atoms with Gasteiger partial charge in [0, 0.05) is 51.9 Å². The first kappa shape index (κ1) is 20.5. The molecule has 146 valence electrons. The predicted octanol–water partition coefficient (Wildman–Crippen LogP) is 1.72. The Hall–Kier alpha value is -0.850. The second-order valence-electron chi connectivity index (χ2n) is 7.63. The molecule has 2 fully saturated rings. The Balaban J connectivity index is 1.51. The fourth-order valence-electron chi connectivity index (χ4n) is 3.57. The van der Waals surface area contributed by atoms with Crippen LogP contribution in [0.2, 0.25) is 0 Å². The molecule has 0 aromatic rings. The van der Waals surface area contributed by atoms with Crippen LogP contribution in [-0.4, -0.2) is 76.6 Å². The minimum Gasteiger partial charge on any atom is -0.381 e. The third kappa shape index (κ3) is 7.92. The highest BCUT2D eigenvalue weighted by Crippen LogP contribution is 2.17. The zero-order valence-corrected chi connectivity index (χ0v) is 16.4. The van der Waals surface area contributed by atoms with Crippen LogP contribution in [0.5, 0.6) is 0 Å². The van der Waals surface area contributed by atoms with Gasteiger partial charge in [-0.05, 0) is 45.1 Å². The summed E-state index contributed by atoms with van der Waals surface area (Å²) in [6, 6.07) is 0.540. The van der Waals surface area contributed by atoms with E-state index in [0.717, 1.165) is 64.2 Å². The predicted molar refractivity (Wildman–Crippen MR) is 103 cm³/mol. The van der Waals surface area contributed by atoms with E-state index in [1.54, 1.807) is 0 Å². The fraction of sp³-hybridized carbons (Fsp3) is 0.947. The summed E-state index contributed by atoms with van der Waals surface area (Å²) in [6.07, 6.45) is 4.83. The maximum Gasteiger partial charge on any atom is 0.191 e. The van der Waals surface area contributed by atoms with Crippen molar-refractivity contribution < 1.29 is 9.47 Å². The van der Waals surface area contributed by atoms with Crippen LogP contribution in [0.15, 0.2) is 4.99 Å². The molecule has 2 N–H and O–H groups in total. The van der Waals surface area contributed by atoms with E-state index in [1.165, 1.54) is 25.9 Å². The summed E-state index contributed by atoms with van der Waals surface area (Å²) in [7, 11) is 1.83. The minimum atomic E-state index is 0.540. The van der Waals surface area contributed by atoms with Crippen molar-refractivity contribution in [2.45, 2.75) is 45.6 Å². The molecule has 0 saturated carbocycles. The molecule has 6 heteroatoms. The van der Waals surface area contributed by atoms with Gasteiger partial charge in [0.15, 0.2) is 5.96 Å². The van der Waals surface area contributed by atoms with Crippen LogP contribution in [-0.2, 0) is 9.47 Å². The molecule has 6 nitrogen and oxygen atoms in total. The molecule has 2 saturated heterocycles. The van der Waals surface area contributed by atoms with Crippen LogP contribution in [0, 0.1) is 11.8 Å². The number of piperidine rings is 1. The molecule has 0 spiro atoms. The van der Waals surface area contributed by atoms with Gasteiger partial charge in [-0.2, -0.15) is 0 Å². The zero-order valence-electron chi connectivity index (χ0n) is 16.4. The van der Waals surface area contributed by atoms with Gasteiger partial charge in [-0.1, -0.05) is 6.92 Å². The van der Waals surface area contributed by atoms with Gasteiger partial charge in [0.05, 0.1) is 13.2 Å². The number of ether oxygens (including phenoxy) is 2. The summed E-state index contributed by atoms with van der Waals surface area (Å²) in [6.45, 7) is 12.3. The molecular formula is C19H38N4O2. The third-order valence-electron chi connectivity index (χ3n) is 5.24. The lowest BCUT2D eigenvalue weighted by Gasteiger charge is -2.35. The van der Waals surface area contributed by atoms with Crippen LogP contribution < -0.4 is 10.6 Å². The number of rotatable bonds is 9. The lowest BCUT2D eigenvalue weighted by Crippen LogP contribution is -2.48. The van der Waals surface area contributed by atoms with Gasteiger partial charge in [0.25, 0.3) is 0 Å². The molecule has 3 atom stereocenters. The molecule has 25 heavy (non-hydrogen) atoms. The van der Waals surface area contributed by atoms with Crippen molar-refractivity contribution in [3.05, 3.63) is 0 Å². The Morgan fingerprint density at radius 1 is 1.36 bits per heavy atom. The molecule has 0 aromatic carbocycles. The zero-order chi connectivity index (χ0) is 17.9. The smallest absolute Gasteiger partial charge is 0.191 e. The molecule has 0 radical (unpaired) electrons. The number of hydrogen-bond donors (Lipinski definition) is 2. The standard InChI is InChI=1S/C19H38N4O2/c1-16-6-4-9-23(13-16)17(2)12-22-19(20-3)21-8-5-10-24-14-18-7-11-25-15-18/h16-18H,4-15H2,1-3H3,(H2,20,21,22). The molecule has 2 aliphatic rings. The minimum absolute atomic E-state index is 0.540. The lowest BCUT2D eigenvalue weighted by molar-refractivity contribution is 0.0888. The van der Waals surface area contributed by atoms with Crippen molar-refractivity contribution in [3.8, 4) is 0 Å². The van der Waals surface area contributed by atoms with Gasteiger partial charge >= 0.3 is 0 Å². The van der Waals surface area contributed by atoms with Crippen molar-refractivity contribution in [3.63, 3.8) is 0 Å². The second kappa shape index (κ2) is 11.7. The number of aliphatic imine (C=N–C) groups is 1. The summed E-state index contributed by atoms with van der Waals surface area (Å²) >= 11 is 0. The quantitative estimate of drug-likeness (QED) is 0.375. The molecule has 0 bridgehead atoms. The van der Waals surface area contributed by atoms with Crippen molar-refractivity contribution in [1.29, 1.82) is 0 Å². The van der Waals surface area contributed by atoms with E-state index in [2.05, 4.69) is 34.4 Å². The van der Waals surface area contributed by atoms with Crippen LogP contribution in [0.3, 0.4) is 0 Å². The van der Waals surface area contributed by atoms with Gasteiger partial charge in [-0.3, -0.25) is 9.89 Å². The topological polar surface area (TPSA) is 58.1 Å². The van der Waals surface area contributed by atoms with E-state index in [1.807, 2.05) is 7.05 Å². The summed E-state index contributed by atoms with van der Waals surface area (Å²) in [5, 5.41) is 6.84. The number of hydrogen-bond acceptors (Lipinski definition) is 4. The summed E-state index contributed by atoms with van der Waals surface area (Å²) in [5.74, 6) is 2.31. The normalized spacial score (nSPS) is 26.6. The van der Waals surface area contributed by atoms with Crippen molar-refractivity contribution in [2.75, 3.05) is 59.7 Å².